The quantitative estimate of drug-likeness (QED) is 0.129. The van der Waals surface area contributed by atoms with Crippen LogP contribution in [0.3, 0.4) is 0 Å². The van der Waals surface area contributed by atoms with Crippen LogP contribution in [0.15, 0.2) is 79.0 Å². The lowest BCUT2D eigenvalue weighted by Gasteiger charge is -2.37. The Bertz CT molecular complexity index is 2100. The van der Waals surface area contributed by atoms with Crippen LogP contribution < -0.4 is 16.0 Å². The molecule has 3 aromatic carbocycles. The van der Waals surface area contributed by atoms with Crippen molar-refractivity contribution in [2.75, 3.05) is 50.0 Å². The summed E-state index contributed by atoms with van der Waals surface area (Å²) < 4.78 is 36.0. The molecule has 3 aliphatic heterocycles. The molecule has 0 bridgehead atoms. The predicted octanol–water partition coefficient (Wildman–Crippen LogP) is 8.00. The number of carbonyl (C=O) groups excluding carboxylic acids is 3. The first-order valence-electron chi connectivity index (χ1n) is 21.2. The molecule has 0 spiro atoms. The van der Waals surface area contributed by atoms with Crippen LogP contribution in [0, 0.1) is 23.5 Å². The number of benzene rings is 3. The first-order valence-corrected chi connectivity index (χ1v) is 21.2. The second-order valence-corrected chi connectivity index (χ2v) is 16.7. The van der Waals surface area contributed by atoms with Gasteiger partial charge in [-0.05, 0) is 124 Å². The maximum Gasteiger partial charge on any atom is 0.409 e. The number of halogens is 2. The number of amides is 3. The molecule has 1 aliphatic carbocycles. The van der Waals surface area contributed by atoms with E-state index in [1.807, 2.05) is 66.7 Å². The van der Waals surface area contributed by atoms with Crippen molar-refractivity contribution >= 4 is 29.5 Å². The smallest absolute Gasteiger partial charge is 0.409 e. The number of nitrogens with one attached hydrogen (secondary N) is 3. The number of piperidine rings is 3. The first kappa shape index (κ1) is 40.4. The predicted molar refractivity (Wildman–Crippen MR) is 222 cm³/mol. The van der Waals surface area contributed by atoms with Crippen LogP contribution in [-0.4, -0.2) is 89.1 Å². The summed E-state index contributed by atoms with van der Waals surface area (Å²) in [5.41, 5.74) is 4.23. The zero-order chi connectivity index (χ0) is 40.7. The van der Waals surface area contributed by atoms with Gasteiger partial charge in [0.15, 0.2) is 5.82 Å². The van der Waals surface area contributed by atoms with Gasteiger partial charge in [-0.1, -0.05) is 54.6 Å². The van der Waals surface area contributed by atoms with Gasteiger partial charge in [0.25, 0.3) is 0 Å². The lowest BCUT2D eigenvalue weighted by Crippen LogP contribution is -2.47. The average molecular weight is 806 g/mol. The average Bonchev–Trinajstić information content (AvgIpc) is 3.26. The number of anilines is 2. The highest BCUT2D eigenvalue weighted by atomic mass is 19.1. The second kappa shape index (κ2) is 18.7. The van der Waals surface area contributed by atoms with Crippen LogP contribution in [-0.2, 0) is 14.3 Å². The summed E-state index contributed by atoms with van der Waals surface area (Å²) in [4.78, 5) is 49.6. The van der Waals surface area contributed by atoms with Crippen molar-refractivity contribution in [3.8, 4) is 22.4 Å². The fourth-order valence-electron chi connectivity index (χ4n) is 9.14. The van der Waals surface area contributed by atoms with Gasteiger partial charge in [-0.25, -0.2) is 23.5 Å². The Balaban J connectivity index is 0.721. The number of imide groups is 1. The molecule has 4 aliphatic rings. The van der Waals surface area contributed by atoms with E-state index in [2.05, 4.69) is 30.8 Å². The first-order chi connectivity index (χ1) is 28.7. The number of rotatable bonds is 11. The molecule has 8 rings (SSSR count). The third-order valence-electron chi connectivity index (χ3n) is 12.6. The molecular weight excluding hydrogens is 753 g/mol. The summed E-state index contributed by atoms with van der Waals surface area (Å²) in [7, 11) is 0. The van der Waals surface area contributed by atoms with E-state index in [4.69, 9.17) is 4.74 Å². The van der Waals surface area contributed by atoms with Gasteiger partial charge >= 0.3 is 6.09 Å². The Morgan fingerprint density at radius 2 is 1.49 bits per heavy atom. The number of carbonyl (C=O) groups is 3. The van der Waals surface area contributed by atoms with E-state index in [-0.39, 0.29) is 47.8 Å². The lowest BCUT2D eigenvalue weighted by molar-refractivity contribution is -0.133. The molecule has 4 aromatic rings. The zero-order valence-corrected chi connectivity index (χ0v) is 33.4. The molecule has 11 nitrogen and oxygen atoms in total. The Hall–Kier alpha value is -5.43. The highest BCUT2D eigenvalue weighted by Crippen LogP contribution is 2.35. The van der Waals surface area contributed by atoms with Crippen molar-refractivity contribution < 1.29 is 27.9 Å². The molecule has 3 saturated heterocycles. The Morgan fingerprint density at radius 1 is 0.763 bits per heavy atom. The zero-order valence-electron chi connectivity index (χ0n) is 33.4. The fraction of sp³-hybridized carbons (Fsp3) is 0.457. The van der Waals surface area contributed by atoms with Crippen molar-refractivity contribution in [1.82, 2.24) is 25.1 Å². The van der Waals surface area contributed by atoms with Gasteiger partial charge in [0.05, 0.1) is 12.8 Å². The maximum absolute atomic E-state index is 15.2. The van der Waals surface area contributed by atoms with Crippen LogP contribution in [0.1, 0.15) is 75.7 Å². The van der Waals surface area contributed by atoms with E-state index >= 15 is 4.39 Å². The molecule has 4 fully saturated rings. The van der Waals surface area contributed by atoms with Crippen molar-refractivity contribution in [1.29, 1.82) is 0 Å². The molecule has 13 heteroatoms. The van der Waals surface area contributed by atoms with Crippen LogP contribution in [0.5, 0.6) is 0 Å². The molecule has 310 valence electrons. The SMILES string of the molecule is O=C1CCC(Nc2ccc(C3CCN(C[C@H]4CC[C@H](COC(=O)N5CCC(Nc6ncc(F)c(-c7cccc(-c8ccccc8)c7)n6)CC5)CC4)CC3)c(F)c2)C(=O)N1. The normalized spacial score (nSPS) is 22.1. The van der Waals surface area contributed by atoms with E-state index in [0.29, 0.717) is 68.0 Å². The largest absolute Gasteiger partial charge is 0.449 e. The summed E-state index contributed by atoms with van der Waals surface area (Å²) in [6.45, 7) is 4.49. The van der Waals surface area contributed by atoms with Gasteiger partial charge in [0.2, 0.25) is 17.8 Å². The van der Waals surface area contributed by atoms with E-state index < -0.39 is 11.9 Å². The minimum absolute atomic E-state index is 0.0536. The fourth-order valence-corrected chi connectivity index (χ4v) is 9.14. The maximum atomic E-state index is 15.2. The van der Waals surface area contributed by atoms with E-state index in [1.54, 1.807) is 4.90 Å². The summed E-state index contributed by atoms with van der Waals surface area (Å²) in [6.07, 6.45) is 9.16. The third kappa shape index (κ3) is 10.2. The topological polar surface area (TPSA) is 129 Å². The van der Waals surface area contributed by atoms with Crippen LogP contribution in [0.2, 0.25) is 0 Å². The highest BCUT2D eigenvalue weighted by Gasteiger charge is 2.30. The molecule has 0 radical (unpaired) electrons. The molecule has 3 amide bonds. The molecule has 1 saturated carbocycles. The van der Waals surface area contributed by atoms with Crippen LogP contribution in [0.4, 0.5) is 25.2 Å². The van der Waals surface area contributed by atoms with Gasteiger partial charge < -0.3 is 25.2 Å². The van der Waals surface area contributed by atoms with E-state index in [1.165, 1.54) is 12.3 Å². The Labute approximate surface area is 344 Å². The molecule has 1 atom stereocenters. The van der Waals surface area contributed by atoms with Gasteiger partial charge in [0.1, 0.15) is 17.6 Å². The van der Waals surface area contributed by atoms with Crippen molar-refractivity contribution in [3.63, 3.8) is 0 Å². The van der Waals surface area contributed by atoms with Crippen LogP contribution in [0.25, 0.3) is 22.4 Å². The van der Waals surface area contributed by atoms with E-state index in [9.17, 15) is 18.8 Å². The molecule has 4 heterocycles. The Kier molecular flexibility index (Phi) is 12.8. The summed E-state index contributed by atoms with van der Waals surface area (Å²) in [5.74, 6) is 0.132. The van der Waals surface area contributed by atoms with Gasteiger partial charge in [-0.2, -0.15) is 0 Å². The summed E-state index contributed by atoms with van der Waals surface area (Å²) in [5, 5.41) is 8.76. The monoisotopic (exact) mass is 805 g/mol. The summed E-state index contributed by atoms with van der Waals surface area (Å²) >= 11 is 0. The molecule has 1 unspecified atom stereocenters. The minimum atomic E-state index is -0.539. The van der Waals surface area contributed by atoms with Crippen LogP contribution >= 0.6 is 0 Å². The van der Waals surface area contributed by atoms with Crippen molar-refractivity contribution in [3.05, 3.63) is 96.2 Å². The van der Waals surface area contributed by atoms with Crippen molar-refractivity contribution in [2.45, 2.75) is 82.2 Å². The second-order valence-electron chi connectivity index (χ2n) is 16.7. The highest BCUT2D eigenvalue weighted by molar-refractivity contribution is 6.01. The summed E-state index contributed by atoms with van der Waals surface area (Å²) in [6, 6.07) is 22.3. The number of ether oxygens (including phenoxy) is 1. The molecule has 1 aromatic heterocycles. The van der Waals surface area contributed by atoms with Gasteiger partial charge in [-0.15, -0.1) is 0 Å². The number of hydrogen-bond acceptors (Lipinski definition) is 9. The number of hydrogen-bond donors (Lipinski definition) is 3. The molecule has 59 heavy (non-hydrogen) atoms. The number of aromatic nitrogens is 2. The molecule has 3 N–H and O–H groups in total. The third-order valence-corrected chi connectivity index (χ3v) is 12.6. The number of nitrogens with zero attached hydrogens (tertiary/aromatic N) is 4. The lowest BCUT2D eigenvalue weighted by atomic mass is 9.81. The minimum Gasteiger partial charge on any atom is -0.449 e. The van der Waals surface area contributed by atoms with Gasteiger partial charge in [-0.3, -0.25) is 14.9 Å². The standard InChI is InChI=1S/C46H53F2N7O4/c47-39-26-37(50-41-15-16-42(56)52-44(41)57)13-14-38(39)33-17-21-54(22-18-33)28-30-9-11-31(12-10-30)29-59-46(58)55-23-19-36(20-24-55)51-45-49-27-40(48)43(53-45)35-8-4-7-34(25-35)32-5-2-1-3-6-32/h1-8,13-14,25-27,30-31,33,36,41,50H,9-12,15-24,28-29H2,(H,49,51,53)(H,52,56,57)/t30-,31-,41?. The Morgan fingerprint density at radius 3 is 2.24 bits per heavy atom. The van der Waals surface area contributed by atoms with Gasteiger partial charge in [0, 0.05) is 43.3 Å². The van der Waals surface area contributed by atoms with Crippen molar-refractivity contribution in [2.24, 2.45) is 11.8 Å². The number of likely N-dealkylation sites (tertiary alicyclic amines) is 2. The van der Waals surface area contributed by atoms with E-state index in [0.717, 1.165) is 74.8 Å². The molecular formula is C46H53F2N7O4.